The number of β-amino-alcohol motifs (C(OH)–C–C–N with tert-alkyl or cyclic N) is 1. The van der Waals surface area contributed by atoms with Gasteiger partial charge < -0.3 is 5.11 Å². The molecule has 0 amide bonds. The molecule has 2 heterocycles. The summed E-state index contributed by atoms with van der Waals surface area (Å²) in [5.74, 6) is 0. The molecule has 1 aromatic rings. The fraction of sp³-hybridized carbons (Fsp3) is 0.500. The first-order valence-corrected chi connectivity index (χ1v) is 6.03. The van der Waals surface area contributed by atoms with E-state index in [0.29, 0.717) is 17.8 Å². The van der Waals surface area contributed by atoms with Gasteiger partial charge in [-0.1, -0.05) is 0 Å². The lowest BCUT2D eigenvalue weighted by Crippen LogP contribution is -2.27. The van der Waals surface area contributed by atoms with E-state index in [4.69, 9.17) is 16.9 Å². The third kappa shape index (κ3) is 3.16. The summed E-state index contributed by atoms with van der Waals surface area (Å²) >= 11 is 6.00. The van der Waals surface area contributed by atoms with Gasteiger partial charge in [0.05, 0.1) is 11.3 Å². The molecule has 1 unspecified atom stereocenters. The molecular weight excluding hydrogens is 238 g/mol. The Labute approximate surface area is 105 Å². The van der Waals surface area contributed by atoms with Gasteiger partial charge in [0.1, 0.15) is 12.2 Å². The van der Waals surface area contributed by atoms with Gasteiger partial charge >= 0.3 is 0 Å². The van der Waals surface area contributed by atoms with E-state index in [1.807, 2.05) is 6.07 Å². The molecule has 2 atom stereocenters. The van der Waals surface area contributed by atoms with Crippen molar-refractivity contribution in [2.24, 2.45) is 0 Å². The van der Waals surface area contributed by atoms with Crippen LogP contribution in [0.5, 0.6) is 0 Å². The van der Waals surface area contributed by atoms with E-state index in [1.54, 1.807) is 12.1 Å². The van der Waals surface area contributed by atoms with Crippen LogP contribution in [0.25, 0.3) is 0 Å². The summed E-state index contributed by atoms with van der Waals surface area (Å²) in [6.07, 6.45) is 1.83. The zero-order valence-corrected chi connectivity index (χ0v) is 10.1. The van der Waals surface area contributed by atoms with Crippen LogP contribution in [-0.4, -0.2) is 40.0 Å². The molecular formula is C12H14ClN3O. The SMILES string of the molecule is N#Cc1ccc(C(O)CN2CC[C@@H](Cl)C2)nc1. The molecule has 1 N–H and O–H groups in total. The van der Waals surface area contributed by atoms with Gasteiger partial charge in [0.25, 0.3) is 0 Å². The summed E-state index contributed by atoms with van der Waals surface area (Å²) in [6, 6.07) is 5.36. The number of likely N-dealkylation sites (tertiary alicyclic amines) is 1. The van der Waals surface area contributed by atoms with Crippen LogP contribution in [0.3, 0.4) is 0 Å². The number of aromatic nitrogens is 1. The average Bonchev–Trinajstić information content (AvgIpc) is 2.75. The first kappa shape index (κ1) is 12.3. The first-order chi connectivity index (χ1) is 8.19. The number of aliphatic hydroxyl groups excluding tert-OH is 1. The van der Waals surface area contributed by atoms with Crippen LogP contribution >= 0.6 is 11.6 Å². The van der Waals surface area contributed by atoms with Gasteiger partial charge in [0.15, 0.2) is 0 Å². The number of hydrogen-bond donors (Lipinski definition) is 1. The molecule has 4 nitrogen and oxygen atoms in total. The van der Waals surface area contributed by atoms with Crippen molar-refractivity contribution in [3.63, 3.8) is 0 Å². The van der Waals surface area contributed by atoms with Crippen molar-refractivity contribution in [2.45, 2.75) is 17.9 Å². The van der Waals surface area contributed by atoms with E-state index in [0.717, 1.165) is 19.5 Å². The number of nitriles is 1. The molecule has 1 aromatic heterocycles. The maximum absolute atomic E-state index is 10.0. The molecule has 1 saturated heterocycles. The molecule has 0 aromatic carbocycles. The minimum absolute atomic E-state index is 0.191. The van der Waals surface area contributed by atoms with Gasteiger partial charge in [0.2, 0.25) is 0 Å². The predicted molar refractivity (Wildman–Crippen MR) is 64.6 cm³/mol. The number of halogens is 1. The van der Waals surface area contributed by atoms with Crippen LogP contribution in [-0.2, 0) is 0 Å². The van der Waals surface area contributed by atoms with Gasteiger partial charge in [-0.25, -0.2) is 0 Å². The van der Waals surface area contributed by atoms with Crippen molar-refractivity contribution in [3.8, 4) is 6.07 Å². The van der Waals surface area contributed by atoms with E-state index in [2.05, 4.69) is 9.88 Å². The van der Waals surface area contributed by atoms with Gasteiger partial charge in [-0.3, -0.25) is 9.88 Å². The Bertz CT molecular complexity index is 415. The third-order valence-electron chi connectivity index (χ3n) is 2.90. The lowest BCUT2D eigenvalue weighted by molar-refractivity contribution is 0.122. The zero-order chi connectivity index (χ0) is 12.3. The van der Waals surface area contributed by atoms with Gasteiger partial charge in [-0.15, -0.1) is 11.6 Å². The number of alkyl halides is 1. The summed E-state index contributed by atoms with van der Waals surface area (Å²) < 4.78 is 0. The van der Waals surface area contributed by atoms with E-state index in [1.165, 1.54) is 6.20 Å². The van der Waals surface area contributed by atoms with Crippen LogP contribution < -0.4 is 0 Å². The van der Waals surface area contributed by atoms with Crippen LogP contribution in [0.2, 0.25) is 0 Å². The number of aliphatic hydroxyl groups is 1. The van der Waals surface area contributed by atoms with Gasteiger partial charge in [0, 0.05) is 24.7 Å². The molecule has 0 spiro atoms. The fourth-order valence-corrected chi connectivity index (χ4v) is 2.25. The third-order valence-corrected chi connectivity index (χ3v) is 3.26. The second-order valence-electron chi connectivity index (χ2n) is 4.24. The summed E-state index contributed by atoms with van der Waals surface area (Å²) in [5.41, 5.74) is 1.10. The zero-order valence-electron chi connectivity index (χ0n) is 9.38. The van der Waals surface area contributed by atoms with Gasteiger partial charge in [-0.05, 0) is 25.1 Å². The number of rotatable bonds is 3. The van der Waals surface area contributed by atoms with E-state index in [-0.39, 0.29) is 5.38 Å². The average molecular weight is 252 g/mol. The number of nitrogens with zero attached hydrogens (tertiary/aromatic N) is 3. The summed E-state index contributed by atoms with van der Waals surface area (Å²) in [5, 5.41) is 18.8. The molecule has 0 aliphatic carbocycles. The molecule has 5 heteroatoms. The summed E-state index contributed by atoms with van der Waals surface area (Å²) in [6.45, 7) is 2.28. The molecule has 1 aliphatic rings. The normalized spacial score (nSPS) is 22.3. The van der Waals surface area contributed by atoms with E-state index in [9.17, 15) is 5.11 Å². The molecule has 1 aliphatic heterocycles. The van der Waals surface area contributed by atoms with Crippen molar-refractivity contribution in [1.29, 1.82) is 5.26 Å². The molecule has 0 saturated carbocycles. The van der Waals surface area contributed by atoms with Crippen LogP contribution in [0.15, 0.2) is 18.3 Å². The minimum Gasteiger partial charge on any atom is -0.385 e. The van der Waals surface area contributed by atoms with E-state index < -0.39 is 6.10 Å². The highest BCUT2D eigenvalue weighted by Gasteiger charge is 2.23. The molecule has 0 bridgehead atoms. The molecule has 17 heavy (non-hydrogen) atoms. The Morgan fingerprint density at radius 2 is 2.47 bits per heavy atom. The highest BCUT2D eigenvalue weighted by Crippen LogP contribution is 2.19. The standard InChI is InChI=1S/C12H14ClN3O/c13-10-3-4-16(7-10)8-12(17)11-2-1-9(5-14)6-15-11/h1-2,6,10,12,17H,3-4,7-8H2/t10-,12?/m1/s1. The van der Waals surface area contributed by atoms with Crippen molar-refractivity contribution in [2.75, 3.05) is 19.6 Å². The Hall–Kier alpha value is -1.15. The second-order valence-corrected chi connectivity index (χ2v) is 4.86. The quantitative estimate of drug-likeness (QED) is 0.823. The lowest BCUT2D eigenvalue weighted by atomic mass is 10.2. The van der Waals surface area contributed by atoms with Crippen molar-refractivity contribution >= 4 is 11.6 Å². The Balaban J connectivity index is 1.95. The highest BCUT2D eigenvalue weighted by molar-refractivity contribution is 6.20. The molecule has 0 radical (unpaired) electrons. The first-order valence-electron chi connectivity index (χ1n) is 5.59. The topological polar surface area (TPSA) is 60.1 Å². The second kappa shape index (κ2) is 5.46. The molecule has 1 fully saturated rings. The summed E-state index contributed by atoms with van der Waals surface area (Å²) in [7, 11) is 0. The minimum atomic E-state index is -0.621. The summed E-state index contributed by atoms with van der Waals surface area (Å²) in [4.78, 5) is 6.21. The molecule has 90 valence electrons. The van der Waals surface area contributed by atoms with E-state index >= 15 is 0 Å². The van der Waals surface area contributed by atoms with Crippen LogP contribution in [0.1, 0.15) is 23.8 Å². The smallest absolute Gasteiger partial charge is 0.109 e. The van der Waals surface area contributed by atoms with Crippen molar-refractivity contribution < 1.29 is 5.11 Å². The van der Waals surface area contributed by atoms with Crippen molar-refractivity contribution in [1.82, 2.24) is 9.88 Å². The van der Waals surface area contributed by atoms with Crippen LogP contribution in [0.4, 0.5) is 0 Å². The van der Waals surface area contributed by atoms with Crippen LogP contribution in [0, 0.1) is 11.3 Å². The lowest BCUT2D eigenvalue weighted by Gasteiger charge is -2.18. The van der Waals surface area contributed by atoms with Crippen molar-refractivity contribution in [3.05, 3.63) is 29.6 Å². The Kier molecular flexibility index (Phi) is 3.95. The largest absolute Gasteiger partial charge is 0.385 e. The number of hydrogen-bond acceptors (Lipinski definition) is 4. The highest BCUT2D eigenvalue weighted by atomic mass is 35.5. The Morgan fingerprint density at radius 3 is 3.00 bits per heavy atom. The predicted octanol–water partition coefficient (Wildman–Crippen LogP) is 1.30. The fourth-order valence-electron chi connectivity index (χ4n) is 1.96. The maximum atomic E-state index is 10.0. The monoisotopic (exact) mass is 251 g/mol. The maximum Gasteiger partial charge on any atom is 0.109 e. The van der Waals surface area contributed by atoms with Gasteiger partial charge in [-0.2, -0.15) is 5.26 Å². The Morgan fingerprint density at radius 1 is 1.65 bits per heavy atom. The molecule has 2 rings (SSSR count). The number of pyridine rings is 1.